The quantitative estimate of drug-likeness (QED) is 0.447. The van der Waals surface area contributed by atoms with E-state index < -0.39 is 5.97 Å². The molecule has 1 rings (SSSR count). The topological polar surface area (TPSA) is 92.7 Å². The zero-order valence-corrected chi connectivity index (χ0v) is 15.3. The van der Waals surface area contributed by atoms with Crippen molar-refractivity contribution >= 4 is 39.5 Å². The molecule has 0 radical (unpaired) electrons. The summed E-state index contributed by atoms with van der Waals surface area (Å²) in [6.45, 7) is 6.75. The van der Waals surface area contributed by atoms with Gasteiger partial charge in [0.1, 0.15) is 0 Å². The first-order valence-corrected chi connectivity index (χ1v) is 7.70. The lowest BCUT2D eigenvalue weighted by Gasteiger charge is -2.08. The molecule has 1 aromatic rings. The molecular weight excluding hydrogens is 378 g/mol. The van der Waals surface area contributed by atoms with Gasteiger partial charge in [0.25, 0.3) is 5.91 Å². The van der Waals surface area contributed by atoms with Crippen LogP contribution in [0.2, 0.25) is 0 Å². The maximum absolute atomic E-state index is 11.6. The molecule has 0 saturated carbocycles. The minimum absolute atomic E-state index is 0.0524. The third kappa shape index (κ3) is 7.73. The number of nitrogens with one attached hydrogen (secondary N) is 1. The van der Waals surface area contributed by atoms with Crippen LogP contribution in [0.5, 0.6) is 0 Å². The first-order chi connectivity index (χ1) is 11.3. The summed E-state index contributed by atoms with van der Waals surface area (Å²) < 4.78 is 4.93. The number of carbonyl (C=O) groups excluding carboxylic acids is 2. The van der Waals surface area contributed by atoms with E-state index in [9.17, 15) is 14.4 Å². The number of esters is 1. The van der Waals surface area contributed by atoms with Gasteiger partial charge < -0.3 is 15.2 Å². The van der Waals surface area contributed by atoms with Gasteiger partial charge in [0.2, 0.25) is 0 Å². The lowest BCUT2D eigenvalue weighted by atomic mass is 10.1. The lowest BCUT2D eigenvalue weighted by molar-refractivity contribution is -0.139. The number of amides is 1. The van der Waals surface area contributed by atoms with Crippen molar-refractivity contribution in [3.8, 4) is 0 Å². The van der Waals surface area contributed by atoms with Crippen LogP contribution in [0, 0.1) is 0 Å². The molecule has 0 unspecified atom stereocenters. The predicted molar refractivity (Wildman–Crippen MR) is 96.0 cm³/mol. The van der Waals surface area contributed by atoms with E-state index in [1.807, 2.05) is 0 Å². The molecule has 2 N–H and O–H groups in total. The maximum atomic E-state index is 11.6. The molecule has 130 valence electrons. The lowest BCUT2D eigenvalue weighted by Crippen LogP contribution is -2.15. The highest BCUT2D eigenvalue weighted by Crippen LogP contribution is 2.21. The average molecular weight is 398 g/mol. The SMILES string of the molecule is C/C=C(\C)C(=O)Nc1ccc(Br)cc1C(=O)O.C=CCC(=O)OC. The molecule has 0 fully saturated rings. The van der Waals surface area contributed by atoms with Gasteiger partial charge in [0.05, 0.1) is 24.8 Å². The Balaban J connectivity index is 0.000000640. The van der Waals surface area contributed by atoms with Gasteiger partial charge in [-0.3, -0.25) is 9.59 Å². The summed E-state index contributed by atoms with van der Waals surface area (Å²) in [5.74, 6) is -1.63. The molecule has 0 spiro atoms. The van der Waals surface area contributed by atoms with E-state index in [0.717, 1.165) is 0 Å². The molecule has 0 heterocycles. The second-order valence-corrected chi connectivity index (χ2v) is 5.41. The number of aromatic carboxylic acids is 1. The van der Waals surface area contributed by atoms with Crippen LogP contribution in [-0.4, -0.2) is 30.1 Å². The fourth-order valence-electron chi connectivity index (χ4n) is 1.36. The minimum Gasteiger partial charge on any atom is -0.478 e. The van der Waals surface area contributed by atoms with Crippen molar-refractivity contribution in [1.29, 1.82) is 0 Å². The molecule has 1 aromatic carbocycles. The summed E-state index contributed by atoms with van der Waals surface area (Å²) in [5.41, 5.74) is 0.868. The number of carboxylic acid groups (broad SMARTS) is 1. The maximum Gasteiger partial charge on any atom is 0.337 e. The Morgan fingerprint density at radius 1 is 1.38 bits per heavy atom. The molecule has 6 nitrogen and oxygen atoms in total. The molecule has 0 aliphatic carbocycles. The molecule has 0 aromatic heterocycles. The van der Waals surface area contributed by atoms with Gasteiger partial charge in [-0.25, -0.2) is 4.79 Å². The molecule has 0 aliphatic rings. The Morgan fingerprint density at radius 2 is 2.00 bits per heavy atom. The number of methoxy groups -OCH3 is 1. The predicted octanol–water partition coefficient (Wildman–Crippen LogP) is 3.79. The smallest absolute Gasteiger partial charge is 0.337 e. The summed E-state index contributed by atoms with van der Waals surface area (Å²) in [7, 11) is 1.35. The molecule has 0 atom stereocenters. The number of hydrogen-bond donors (Lipinski definition) is 2. The van der Waals surface area contributed by atoms with Gasteiger partial charge in [0, 0.05) is 10.0 Å². The van der Waals surface area contributed by atoms with Crippen molar-refractivity contribution in [2.75, 3.05) is 12.4 Å². The van der Waals surface area contributed by atoms with Crippen LogP contribution >= 0.6 is 15.9 Å². The fourth-order valence-corrected chi connectivity index (χ4v) is 1.72. The minimum atomic E-state index is -1.08. The summed E-state index contributed by atoms with van der Waals surface area (Å²) in [6.07, 6.45) is 3.47. The zero-order chi connectivity index (χ0) is 18.7. The van der Waals surface area contributed by atoms with Crippen molar-refractivity contribution < 1.29 is 24.2 Å². The van der Waals surface area contributed by atoms with E-state index >= 15 is 0 Å². The Labute approximate surface area is 149 Å². The van der Waals surface area contributed by atoms with E-state index in [0.29, 0.717) is 16.5 Å². The molecule has 1 amide bonds. The second kappa shape index (κ2) is 11.2. The van der Waals surface area contributed by atoms with Crippen LogP contribution in [0.3, 0.4) is 0 Å². The molecule has 0 saturated heterocycles. The third-order valence-electron chi connectivity index (χ3n) is 2.79. The first-order valence-electron chi connectivity index (χ1n) is 6.91. The number of allylic oxidation sites excluding steroid dienone is 1. The summed E-state index contributed by atoms with van der Waals surface area (Å²) in [6, 6.07) is 4.67. The average Bonchev–Trinajstić information content (AvgIpc) is 2.56. The van der Waals surface area contributed by atoms with Gasteiger partial charge in [0.15, 0.2) is 0 Å². The standard InChI is InChI=1S/C12H12BrNO3.C5H8O2/c1-3-7(2)11(15)14-10-5-4-8(13)6-9(10)12(16)17;1-3-4-5(6)7-2/h3-6H,1-2H3,(H,14,15)(H,16,17);3H,1,4H2,2H3/b7-3+;. The van der Waals surface area contributed by atoms with Crippen LogP contribution in [0.4, 0.5) is 5.69 Å². The number of hydrogen-bond acceptors (Lipinski definition) is 4. The van der Waals surface area contributed by atoms with E-state index in [2.05, 4.69) is 32.6 Å². The number of carbonyl (C=O) groups is 3. The van der Waals surface area contributed by atoms with Gasteiger partial charge in [-0.05, 0) is 32.0 Å². The number of benzene rings is 1. The van der Waals surface area contributed by atoms with Gasteiger partial charge in [-0.15, -0.1) is 6.58 Å². The van der Waals surface area contributed by atoms with Crippen LogP contribution in [0.25, 0.3) is 0 Å². The largest absolute Gasteiger partial charge is 0.478 e. The zero-order valence-electron chi connectivity index (χ0n) is 13.8. The third-order valence-corrected chi connectivity index (χ3v) is 3.28. The molecule has 0 aliphatic heterocycles. The highest BCUT2D eigenvalue weighted by molar-refractivity contribution is 9.10. The van der Waals surface area contributed by atoms with Crippen LogP contribution < -0.4 is 5.32 Å². The first kappa shape index (κ1) is 21.6. The number of anilines is 1. The summed E-state index contributed by atoms with van der Waals surface area (Å²) in [5, 5.41) is 11.6. The molecule has 7 heteroatoms. The van der Waals surface area contributed by atoms with Crippen molar-refractivity contribution in [3.05, 3.63) is 52.5 Å². The van der Waals surface area contributed by atoms with Gasteiger partial charge in [-0.2, -0.15) is 0 Å². The van der Waals surface area contributed by atoms with Crippen LogP contribution in [0.15, 0.2) is 47.0 Å². The number of halogens is 1. The summed E-state index contributed by atoms with van der Waals surface area (Å²) in [4.78, 5) is 32.7. The van der Waals surface area contributed by atoms with E-state index in [1.54, 1.807) is 32.1 Å². The van der Waals surface area contributed by atoms with Gasteiger partial charge in [-0.1, -0.05) is 28.1 Å². The van der Waals surface area contributed by atoms with E-state index in [1.165, 1.54) is 19.3 Å². The molecule has 0 bridgehead atoms. The van der Waals surface area contributed by atoms with Crippen LogP contribution in [-0.2, 0) is 14.3 Å². The Kier molecular flexibility index (Phi) is 10.1. The fraction of sp³-hybridized carbons (Fsp3) is 0.235. The number of rotatable bonds is 5. The molecular formula is C17H20BrNO5. The van der Waals surface area contributed by atoms with Crippen molar-refractivity contribution in [2.45, 2.75) is 20.3 Å². The Bertz CT molecular complexity index is 652. The van der Waals surface area contributed by atoms with Gasteiger partial charge >= 0.3 is 11.9 Å². The number of ether oxygens (including phenoxy) is 1. The normalized spacial score (nSPS) is 10.1. The Morgan fingerprint density at radius 3 is 2.42 bits per heavy atom. The van der Waals surface area contributed by atoms with Crippen molar-refractivity contribution in [1.82, 2.24) is 0 Å². The summed E-state index contributed by atoms with van der Waals surface area (Å²) >= 11 is 3.19. The highest BCUT2D eigenvalue weighted by atomic mass is 79.9. The van der Waals surface area contributed by atoms with Crippen molar-refractivity contribution in [2.24, 2.45) is 0 Å². The Hall–Kier alpha value is -2.41. The monoisotopic (exact) mass is 397 g/mol. The highest BCUT2D eigenvalue weighted by Gasteiger charge is 2.13. The van der Waals surface area contributed by atoms with E-state index in [4.69, 9.17) is 5.11 Å². The number of carboxylic acids is 1. The van der Waals surface area contributed by atoms with Crippen LogP contribution in [0.1, 0.15) is 30.6 Å². The van der Waals surface area contributed by atoms with E-state index in [-0.39, 0.29) is 23.1 Å². The second-order valence-electron chi connectivity index (χ2n) is 4.49. The van der Waals surface area contributed by atoms with Crippen molar-refractivity contribution in [3.63, 3.8) is 0 Å². The molecule has 24 heavy (non-hydrogen) atoms.